The number of hydrogen-bond acceptors (Lipinski definition) is 3. The Bertz CT molecular complexity index is 990. The van der Waals surface area contributed by atoms with E-state index >= 15 is 0 Å². The smallest absolute Gasteiger partial charge is 0.255 e. The minimum atomic E-state index is -0.161. The molecule has 29 heavy (non-hydrogen) atoms. The van der Waals surface area contributed by atoms with Crippen molar-refractivity contribution in [1.82, 2.24) is 0 Å². The van der Waals surface area contributed by atoms with Crippen LogP contribution < -0.4 is 14.8 Å². The van der Waals surface area contributed by atoms with Crippen molar-refractivity contribution in [1.29, 1.82) is 0 Å². The molecule has 1 N–H and O–H groups in total. The Hall–Kier alpha value is -3.27. The van der Waals surface area contributed by atoms with E-state index in [9.17, 15) is 4.79 Å². The van der Waals surface area contributed by atoms with Gasteiger partial charge in [0.25, 0.3) is 5.91 Å². The van der Waals surface area contributed by atoms with Crippen LogP contribution in [0.2, 0.25) is 0 Å². The summed E-state index contributed by atoms with van der Waals surface area (Å²) in [6.45, 7) is 8.89. The third-order valence-corrected chi connectivity index (χ3v) is 4.49. The van der Waals surface area contributed by atoms with E-state index in [0.717, 1.165) is 39.4 Å². The van der Waals surface area contributed by atoms with Gasteiger partial charge >= 0.3 is 0 Å². The number of carbonyl (C=O) groups excluding carboxylic acids is 1. The lowest BCUT2D eigenvalue weighted by atomic mass is 10.1. The van der Waals surface area contributed by atoms with Gasteiger partial charge in [-0.25, -0.2) is 0 Å². The Kier molecular flexibility index (Phi) is 6.55. The number of ether oxygens (including phenoxy) is 2. The summed E-state index contributed by atoms with van der Waals surface area (Å²) in [6, 6.07) is 19.3. The lowest BCUT2D eigenvalue weighted by Crippen LogP contribution is -2.13. The molecular weight excluding hydrogens is 362 g/mol. The van der Waals surface area contributed by atoms with Crippen LogP contribution in [-0.2, 0) is 6.61 Å². The average Bonchev–Trinajstić information content (AvgIpc) is 2.66. The second-order valence-corrected chi connectivity index (χ2v) is 7.19. The van der Waals surface area contributed by atoms with E-state index in [-0.39, 0.29) is 5.91 Å². The van der Waals surface area contributed by atoms with Crippen molar-refractivity contribution in [3.8, 4) is 11.5 Å². The molecule has 0 aliphatic rings. The first-order valence-corrected chi connectivity index (χ1v) is 9.79. The monoisotopic (exact) mass is 389 g/mol. The van der Waals surface area contributed by atoms with E-state index in [2.05, 4.69) is 11.4 Å². The molecule has 4 heteroatoms. The molecule has 0 bridgehead atoms. The van der Waals surface area contributed by atoms with E-state index in [1.165, 1.54) is 0 Å². The molecule has 0 saturated carbocycles. The standard InChI is InChI=1S/C25H27NO3/c1-5-28-24-10-9-20(25(27)26-22-8-6-7-17(2)12-22)15-21(24)16-29-23-13-18(3)11-19(4)14-23/h6-15H,5,16H2,1-4H3,(H,26,27). The summed E-state index contributed by atoms with van der Waals surface area (Å²) in [5.74, 6) is 1.37. The van der Waals surface area contributed by atoms with Crippen LogP contribution in [0.4, 0.5) is 5.69 Å². The summed E-state index contributed by atoms with van der Waals surface area (Å²) in [7, 11) is 0. The quantitative estimate of drug-likeness (QED) is 0.552. The van der Waals surface area contributed by atoms with E-state index in [4.69, 9.17) is 9.47 Å². The molecule has 3 aromatic carbocycles. The molecule has 0 aliphatic heterocycles. The molecule has 3 rings (SSSR count). The Morgan fingerprint density at radius 2 is 1.62 bits per heavy atom. The number of aryl methyl sites for hydroxylation is 3. The van der Waals surface area contributed by atoms with Crippen molar-refractivity contribution in [3.05, 3.63) is 88.5 Å². The van der Waals surface area contributed by atoms with Gasteiger partial charge in [-0.3, -0.25) is 4.79 Å². The molecule has 0 aromatic heterocycles. The van der Waals surface area contributed by atoms with Gasteiger partial charge in [0.15, 0.2) is 0 Å². The normalized spacial score (nSPS) is 10.5. The van der Waals surface area contributed by atoms with Gasteiger partial charge in [0.1, 0.15) is 18.1 Å². The maximum Gasteiger partial charge on any atom is 0.255 e. The predicted molar refractivity (Wildman–Crippen MR) is 117 cm³/mol. The minimum Gasteiger partial charge on any atom is -0.493 e. The Morgan fingerprint density at radius 3 is 2.31 bits per heavy atom. The highest BCUT2D eigenvalue weighted by molar-refractivity contribution is 6.04. The van der Waals surface area contributed by atoms with Gasteiger partial charge < -0.3 is 14.8 Å². The molecular formula is C25H27NO3. The zero-order valence-electron chi connectivity index (χ0n) is 17.4. The van der Waals surface area contributed by atoms with E-state index in [0.29, 0.717) is 18.8 Å². The van der Waals surface area contributed by atoms with Crippen LogP contribution in [0.1, 0.15) is 39.5 Å². The third kappa shape index (κ3) is 5.61. The van der Waals surface area contributed by atoms with Gasteiger partial charge in [-0.05, 0) is 86.8 Å². The summed E-state index contributed by atoms with van der Waals surface area (Å²) in [6.07, 6.45) is 0. The van der Waals surface area contributed by atoms with Gasteiger partial charge in [-0.2, -0.15) is 0 Å². The first-order chi connectivity index (χ1) is 13.9. The largest absolute Gasteiger partial charge is 0.493 e. The zero-order chi connectivity index (χ0) is 20.8. The van der Waals surface area contributed by atoms with Crippen LogP contribution >= 0.6 is 0 Å². The fourth-order valence-corrected chi connectivity index (χ4v) is 3.23. The minimum absolute atomic E-state index is 0.161. The number of carbonyl (C=O) groups is 1. The highest BCUT2D eigenvalue weighted by Gasteiger charge is 2.12. The van der Waals surface area contributed by atoms with Gasteiger partial charge in [-0.1, -0.05) is 18.2 Å². The van der Waals surface area contributed by atoms with Gasteiger partial charge in [0.2, 0.25) is 0 Å². The van der Waals surface area contributed by atoms with Crippen LogP contribution in [0.15, 0.2) is 60.7 Å². The first kappa shape index (κ1) is 20.5. The second-order valence-electron chi connectivity index (χ2n) is 7.19. The lowest BCUT2D eigenvalue weighted by Gasteiger charge is -2.14. The second kappa shape index (κ2) is 9.28. The number of hydrogen-bond donors (Lipinski definition) is 1. The van der Waals surface area contributed by atoms with Crippen LogP contribution in [0, 0.1) is 20.8 Å². The van der Waals surface area contributed by atoms with Crippen molar-refractivity contribution < 1.29 is 14.3 Å². The molecule has 0 aliphatic carbocycles. The summed E-state index contributed by atoms with van der Waals surface area (Å²) in [5.41, 5.74) is 5.57. The molecule has 0 fully saturated rings. The summed E-state index contributed by atoms with van der Waals surface area (Å²) in [5, 5.41) is 2.95. The zero-order valence-corrected chi connectivity index (χ0v) is 17.4. The molecule has 3 aromatic rings. The van der Waals surface area contributed by atoms with E-state index < -0.39 is 0 Å². The number of benzene rings is 3. The van der Waals surface area contributed by atoms with Crippen LogP contribution in [0.3, 0.4) is 0 Å². The molecule has 0 radical (unpaired) electrons. The van der Waals surface area contributed by atoms with Crippen LogP contribution in [0.25, 0.3) is 0 Å². The van der Waals surface area contributed by atoms with Crippen LogP contribution in [-0.4, -0.2) is 12.5 Å². The topological polar surface area (TPSA) is 47.6 Å². The summed E-state index contributed by atoms with van der Waals surface area (Å²) < 4.78 is 11.7. The van der Waals surface area contributed by atoms with Gasteiger partial charge in [0.05, 0.1) is 6.61 Å². The molecule has 0 unspecified atom stereocenters. The molecule has 0 saturated heterocycles. The van der Waals surface area contributed by atoms with Gasteiger partial charge in [-0.15, -0.1) is 0 Å². The molecule has 1 amide bonds. The molecule has 0 spiro atoms. The Balaban J connectivity index is 1.80. The van der Waals surface area contributed by atoms with Crippen molar-refractivity contribution >= 4 is 11.6 Å². The SMILES string of the molecule is CCOc1ccc(C(=O)Nc2cccc(C)c2)cc1COc1cc(C)cc(C)c1. The average molecular weight is 389 g/mol. The highest BCUT2D eigenvalue weighted by atomic mass is 16.5. The third-order valence-electron chi connectivity index (χ3n) is 4.49. The lowest BCUT2D eigenvalue weighted by molar-refractivity contribution is 0.102. The maximum absolute atomic E-state index is 12.7. The maximum atomic E-state index is 12.7. The van der Waals surface area contributed by atoms with Crippen molar-refractivity contribution in [3.63, 3.8) is 0 Å². The molecule has 0 heterocycles. The Labute approximate surface area is 172 Å². The van der Waals surface area contributed by atoms with E-state index in [1.54, 1.807) is 6.07 Å². The predicted octanol–water partition coefficient (Wildman–Crippen LogP) is 5.84. The fourth-order valence-electron chi connectivity index (χ4n) is 3.23. The van der Waals surface area contributed by atoms with E-state index in [1.807, 2.05) is 76.2 Å². The summed E-state index contributed by atoms with van der Waals surface area (Å²) in [4.78, 5) is 12.7. The van der Waals surface area contributed by atoms with Crippen molar-refractivity contribution in [2.75, 3.05) is 11.9 Å². The molecule has 150 valence electrons. The Morgan fingerprint density at radius 1 is 0.862 bits per heavy atom. The van der Waals surface area contributed by atoms with Crippen LogP contribution in [0.5, 0.6) is 11.5 Å². The molecule has 4 nitrogen and oxygen atoms in total. The van der Waals surface area contributed by atoms with Gasteiger partial charge in [0, 0.05) is 16.8 Å². The van der Waals surface area contributed by atoms with Crippen molar-refractivity contribution in [2.24, 2.45) is 0 Å². The fraction of sp³-hybridized carbons (Fsp3) is 0.240. The number of nitrogens with one attached hydrogen (secondary N) is 1. The summed E-state index contributed by atoms with van der Waals surface area (Å²) >= 11 is 0. The number of anilines is 1. The molecule has 0 atom stereocenters. The number of amides is 1. The first-order valence-electron chi connectivity index (χ1n) is 9.79. The highest BCUT2D eigenvalue weighted by Crippen LogP contribution is 2.24. The van der Waals surface area contributed by atoms with Crippen molar-refractivity contribution in [2.45, 2.75) is 34.3 Å². The number of rotatable bonds is 7.